The lowest BCUT2D eigenvalue weighted by atomic mass is 9.62. The third-order valence-corrected chi connectivity index (χ3v) is 7.83. The molecule has 0 saturated heterocycles. The predicted molar refractivity (Wildman–Crippen MR) is 132 cm³/mol. The Morgan fingerprint density at radius 3 is 2.64 bits per heavy atom. The van der Waals surface area contributed by atoms with E-state index in [1.165, 1.54) is 0 Å². The Morgan fingerprint density at radius 2 is 1.92 bits per heavy atom. The summed E-state index contributed by atoms with van der Waals surface area (Å²) in [6.07, 6.45) is -1.52. The number of rotatable bonds is 4. The van der Waals surface area contributed by atoms with Crippen molar-refractivity contribution < 1.29 is 23.1 Å². The summed E-state index contributed by atoms with van der Waals surface area (Å²) >= 11 is 0. The maximum absolute atomic E-state index is 13.6. The fourth-order valence-corrected chi connectivity index (χ4v) is 5.96. The van der Waals surface area contributed by atoms with Crippen LogP contribution in [0.1, 0.15) is 69.9 Å². The molecule has 2 aliphatic rings. The van der Waals surface area contributed by atoms with E-state index in [0.29, 0.717) is 30.5 Å². The Hall–Kier alpha value is -3.19. The number of hydrogen-bond donors (Lipinski definition) is 2. The Morgan fingerprint density at radius 1 is 1.14 bits per heavy atom. The molecule has 1 heterocycles. The zero-order valence-electron chi connectivity index (χ0n) is 20.1. The van der Waals surface area contributed by atoms with Crippen molar-refractivity contribution in [1.82, 2.24) is 4.98 Å². The van der Waals surface area contributed by atoms with Crippen molar-refractivity contribution in [3.05, 3.63) is 94.3 Å². The number of nitrogens with one attached hydrogen (secondary N) is 1. The fraction of sp³-hybridized carbons (Fsp3) is 0.379. The molecule has 1 amide bonds. The minimum Gasteiger partial charge on any atom is -0.380 e. The molecule has 2 aliphatic carbocycles. The fourth-order valence-electron chi connectivity index (χ4n) is 5.96. The molecule has 2 N–H and O–H groups in total. The summed E-state index contributed by atoms with van der Waals surface area (Å²) < 4.78 is 40.8. The molecule has 4 nitrogen and oxygen atoms in total. The van der Waals surface area contributed by atoms with Crippen LogP contribution in [0.2, 0.25) is 0 Å². The van der Waals surface area contributed by atoms with Crippen molar-refractivity contribution in [1.29, 1.82) is 0 Å². The Labute approximate surface area is 208 Å². The van der Waals surface area contributed by atoms with E-state index < -0.39 is 11.8 Å². The highest BCUT2D eigenvalue weighted by Crippen LogP contribution is 2.53. The number of pyridine rings is 1. The topological polar surface area (TPSA) is 62.2 Å². The van der Waals surface area contributed by atoms with Gasteiger partial charge < -0.3 is 10.4 Å². The van der Waals surface area contributed by atoms with Gasteiger partial charge in [-0.1, -0.05) is 30.3 Å². The predicted octanol–water partition coefficient (Wildman–Crippen LogP) is 6.36. The Bertz CT molecular complexity index is 1280. The number of aryl methyl sites for hydroxylation is 2. The van der Waals surface area contributed by atoms with Gasteiger partial charge in [-0.3, -0.25) is 9.78 Å². The second kappa shape index (κ2) is 9.36. The van der Waals surface area contributed by atoms with Crippen LogP contribution in [0.15, 0.2) is 60.8 Å². The molecule has 1 unspecified atom stereocenters. The van der Waals surface area contributed by atoms with Crippen molar-refractivity contribution >= 4 is 11.6 Å². The van der Waals surface area contributed by atoms with Gasteiger partial charge in [-0.25, -0.2) is 0 Å². The second-order valence-electron chi connectivity index (χ2n) is 10.1. The van der Waals surface area contributed by atoms with Crippen LogP contribution in [0.25, 0.3) is 0 Å². The first-order valence-electron chi connectivity index (χ1n) is 12.4. The van der Waals surface area contributed by atoms with Crippen LogP contribution in [0.5, 0.6) is 0 Å². The largest absolute Gasteiger partial charge is 0.417 e. The van der Waals surface area contributed by atoms with Gasteiger partial charge in [-0.15, -0.1) is 0 Å². The standard InChI is InChI=1S/C29H29F3N2O2/c1-18-25(8-5-13-33-18)34-27(35)23-15-20-9-10-21-17-28(36,29(30,31)32)12-11-24(21)26(20)22(16-23)14-19-6-3-2-4-7-19/h2-8,13,15-16,21,24,36H,9-12,14,17H2,1H3,(H,34,35)/t21?,24-,28-/m1/s1. The number of benzene rings is 2. The molecule has 3 aromatic rings. The summed E-state index contributed by atoms with van der Waals surface area (Å²) in [7, 11) is 0. The number of halogens is 3. The van der Waals surface area contributed by atoms with Gasteiger partial charge in [0, 0.05) is 11.8 Å². The van der Waals surface area contributed by atoms with Crippen molar-refractivity contribution in [2.75, 3.05) is 5.32 Å². The van der Waals surface area contributed by atoms with Gasteiger partial charge in [0.2, 0.25) is 0 Å². The molecule has 1 aromatic heterocycles. The molecule has 188 valence electrons. The number of anilines is 1. The van der Waals surface area contributed by atoms with E-state index >= 15 is 0 Å². The van der Waals surface area contributed by atoms with Crippen molar-refractivity contribution in [2.24, 2.45) is 5.92 Å². The Balaban J connectivity index is 1.52. The SMILES string of the molecule is Cc1ncccc1NC(=O)c1cc2c(c(Cc3ccccc3)c1)[C@@H]1CC[C@](O)(C(F)(F)F)CC1CC2. The van der Waals surface area contributed by atoms with Crippen LogP contribution in [0, 0.1) is 12.8 Å². The summed E-state index contributed by atoms with van der Waals surface area (Å²) in [5, 5.41) is 13.3. The normalized spacial score (nSPS) is 23.5. The number of hydrogen-bond acceptors (Lipinski definition) is 3. The number of amides is 1. The van der Waals surface area contributed by atoms with Crippen molar-refractivity contribution in [3.63, 3.8) is 0 Å². The second-order valence-corrected chi connectivity index (χ2v) is 10.1. The molecule has 7 heteroatoms. The average molecular weight is 495 g/mol. The van der Waals surface area contributed by atoms with E-state index in [4.69, 9.17) is 0 Å². The molecule has 2 aromatic carbocycles. The lowest BCUT2D eigenvalue weighted by molar-refractivity contribution is -0.275. The van der Waals surface area contributed by atoms with Crippen LogP contribution in [0.4, 0.5) is 18.9 Å². The van der Waals surface area contributed by atoms with E-state index in [1.54, 1.807) is 18.3 Å². The monoisotopic (exact) mass is 494 g/mol. The zero-order chi connectivity index (χ0) is 25.5. The smallest absolute Gasteiger partial charge is 0.380 e. The summed E-state index contributed by atoms with van der Waals surface area (Å²) in [5.74, 6) is -0.543. The van der Waals surface area contributed by atoms with Crippen LogP contribution < -0.4 is 5.32 Å². The number of alkyl halides is 3. The molecule has 5 rings (SSSR count). The molecule has 0 radical (unpaired) electrons. The van der Waals surface area contributed by atoms with Crippen LogP contribution in [-0.2, 0) is 12.8 Å². The minimum atomic E-state index is -4.63. The minimum absolute atomic E-state index is 0.0623. The average Bonchev–Trinajstić information content (AvgIpc) is 2.85. The molecular weight excluding hydrogens is 465 g/mol. The van der Waals surface area contributed by atoms with Gasteiger partial charge in [-0.2, -0.15) is 13.2 Å². The molecular formula is C29H29F3N2O2. The quantitative estimate of drug-likeness (QED) is 0.444. The number of aromatic nitrogens is 1. The number of carbonyl (C=O) groups is 1. The third kappa shape index (κ3) is 4.64. The van der Waals surface area contributed by atoms with E-state index in [9.17, 15) is 23.1 Å². The molecule has 3 atom stereocenters. The highest BCUT2D eigenvalue weighted by atomic mass is 19.4. The van der Waals surface area contributed by atoms with E-state index in [-0.39, 0.29) is 37.0 Å². The van der Waals surface area contributed by atoms with E-state index in [1.807, 2.05) is 49.4 Å². The van der Waals surface area contributed by atoms with Gasteiger partial charge in [0.15, 0.2) is 5.60 Å². The van der Waals surface area contributed by atoms with Crippen LogP contribution >= 0.6 is 0 Å². The molecule has 0 bridgehead atoms. The summed E-state index contributed by atoms with van der Waals surface area (Å²) in [6.45, 7) is 1.83. The number of carbonyl (C=O) groups excluding carboxylic acids is 1. The lowest BCUT2D eigenvalue weighted by Gasteiger charge is -2.46. The Kier molecular flexibility index (Phi) is 6.37. The highest BCUT2D eigenvalue weighted by Gasteiger charge is 2.57. The van der Waals surface area contributed by atoms with E-state index in [2.05, 4.69) is 10.3 Å². The molecule has 1 fully saturated rings. The van der Waals surface area contributed by atoms with Crippen molar-refractivity contribution in [2.45, 2.75) is 63.1 Å². The molecule has 36 heavy (non-hydrogen) atoms. The summed E-state index contributed by atoms with van der Waals surface area (Å²) in [6, 6.07) is 17.2. The first-order chi connectivity index (χ1) is 17.1. The van der Waals surface area contributed by atoms with Gasteiger partial charge in [0.05, 0.1) is 11.4 Å². The summed E-state index contributed by atoms with van der Waals surface area (Å²) in [4.78, 5) is 17.5. The van der Waals surface area contributed by atoms with Crippen LogP contribution in [0.3, 0.4) is 0 Å². The van der Waals surface area contributed by atoms with Gasteiger partial charge >= 0.3 is 6.18 Å². The van der Waals surface area contributed by atoms with Gasteiger partial charge in [-0.05, 0) is 104 Å². The third-order valence-electron chi connectivity index (χ3n) is 7.83. The highest BCUT2D eigenvalue weighted by molar-refractivity contribution is 6.05. The number of nitrogens with zero attached hydrogens (tertiary/aromatic N) is 1. The van der Waals surface area contributed by atoms with E-state index in [0.717, 1.165) is 27.9 Å². The number of fused-ring (bicyclic) bond motifs is 3. The lowest BCUT2D eigenvalue weighted by Crippen LogP contribution is -2.50. The molecule has 0 aliphatic heterocycles. The first kappa shape index (κ1) is 24.5. The molecule has 0 spiro atoms. The maximum Gasteiger partial charge on any atom is 0.417 e. The van der Waals surface area contributed by atoms with Crippen LogP contribution in [-0.4, -0.2) is 27.8 Å². The van der Waals surface area contributed by atoms with Crippen molar-refractivity contribution in [3.8, 4) is 0 Å². The molecule has 1 saturated carbocycles. The first-order valence-corrected chi connectivity index (χ1v) is 12.4. The summed E-state index contributed by atoms with van der Waals surface area (Å²) in [5.41, 5.74) is 3.41. The maximum atomic E-state index is 13.6. The zero-order valence-corrected chi connectivity index (χ0v) is 20.1. The number of aliphatic hydroxyl groups is 1. The van der Waals surface area contributed by atoms with Gasteiger partial charge in [0.1, 0.15) is 0 Å². The van der Waals surface area contributed by atoms with Gasteiger partial charge in [0.25, 0.3) is 5.91 Å².